The first kappa shape index (κ1) is 12.0. The number of fused-ring (bicyclic) bond motifs is 1. The second-order valence-electron chi connectivity index (χ2n) is 5.08. The maximum absolute atomic E-state index is 11.7. The minimum absolute atomic E-state index is 0.00468. The van der Waals surface area contributed by atoms with Crippen LogP contribution in [-0.2, 0) is 0 Å². The first-order chi connectivity index (χ1) is 7.86. The van der Waals surface area contributed by atoms with E-state index in [0.717, 1.165) is 11.3 Å². The summed E-state index contributed by atoms with van der Waals surface area (Å²) in [6.07, 6.45) is 0. The molecule has 17 heavy (non-hydrogen) atoms. The van der Waals surface area contributed by atoms with Crippen molar-refractivity contribution in [2.75, 3.05) is 7.11 Å². The molecule has 0 amide bonds. The molecule has 0 N–H and O–H groups in total. The molecule has 1 aliphatic heterocycles. The van der Waals surface area contributed by atoms with Crippen LogP contribution in [0.3, 0.4) is 0 Å². The summed E-state index contributed by atoms with van der Waals surface area (Å²) < 4.78 is 11.2. The van der Waals surface area contributed by atoms with Crippen molar-refractivity contribution in [3.05, 3.63) is 23.3 Å². The molecule has 0 bridgehead atoms. The number of rotatable bonds is 2. The fourth-order valence-corrected chi connectivity index (χ4v) is 2.16. The molecule has 1 aromatic carbocycles. The number of carbonyl (C=O) groups is 1. The van der Waals surface area contributed by atoms with Crippen molar-refractivity contribution in [3.63, 3.8) is 0 Å². The molecule has 2 rings (SSSR count). The minimum atomic E-state index is -0.279. The Morgan fingerprint density at radius 1 is 1.41 bits per heavy atom. The van der Waals surface area contributed by atoms with E-state index in [0.29, 0.717) is 11.3 Å². The highest BCUT2D eigenvalue weighted by molar-refractivity contribution is 5.98. The second-order valence-corrected chi connectivity index (χ2v) is 5.08. The van der Waals surface area contributed by atoms with Crippen LogP contribution < -0.4 is 9.47 Å². The predicted octanol–water partition coefficient (Wildman–Crippen LogP) is 3.17. The molecule has 0 unspecified atom stereocenters. The van der Waals surface area contributed by atoms with Gasteiger partial charge in [0.05, 0.1) is 12.7 Å². The van der Waals surface area contributed by atoms with Gasteiger partial charge in [-0.1, -0.05) is 6.92 Å². The van der Waals surface area contributed by atoms with Gasteiger partial charge in [0.1, 0.15) is 17.1 Å². The van der Waals surface area contributed by atoms with Crippen molar-refractivity contribution < 1.29 is 14.3 Å². The topological polar surface area (TPSA) is 35.5 Å². The lowest BCUT2D eigenvalue weighted by atomic mass is 9.88. The van der Waals surface area contributed by atoms with Crippen molar-refractivity contribution >= 4 is 5.78 Å². The SMILES string of the molecule is COc1cc(C(C)=O)c2c(c1)[C@@H](C)C(C)(C)O2. The molecular formula is C14H18O3. The van der Waals surface area contributed by atoms with Gasteiger partial charge in [0.15, 0.2) is 5.78 Å². The third-order valence-corrected chi connectivity index (χ3v) is 3.58. The highest BCUT2D eigenvalue weighted by atomic mass is 16.5. The van der Waals surface area contributed by atoms with E-state index in [1.165, 1.54) is 0 Å². The van der Waals surface area contributed by atoms with Gasteiger partial charge in [-0.15, -0.1) is 0 Å². The predicted molar refractivity (Wildman–Crippen MR) is 66.1 cm³/mol. The molecule has 3 nitrogen and oxygen atoms in total. The lowest BCUT2D eigenvalue weighted by Crippen LogP contribution is -2.28. The Kier molecular flexibility index (Phi) is 2.64. The van der Waals surface area contributed by atoms with Gasteiger partial charge in [0.2, 0.25) is 0 Å². The molecular weight excluding hydrogens is 216 g/mol. The van der Waals surface area contributed by atoms with Gasteiger partial charge in [-0.05, 0) is 32.9 Å². The average Bonchev–Trinajstić information content (AvgIpc) is 2.49. The summed E-state index contributed by atoms with van der Waals surface area (Å²) in [5.74, 6) is 1.67. The number of Topliss-reactive ketones (excluding diaryl/α,β-unsaturated/α-hetero) is 1. The van der Waals surface area contributed by atoms with E-state index < -0.39 is 0 Å². The third kappa shape index (κ3) is 1.79. The zero-order chi connectivity index (χ0) is 12.8. The van der Waals surface area contributed by atoms with Crippen molar-refractivity contribution in [1.82, 2.24) is 0 Å². The monoisotopic (exact) mass is 234 g/mol. The minimum Gasteiger partial charge on any atom is -0.497 e. The average molecular weight is 234 g/mol. The number of hydrogen-bond acceptors (Lipinski definition) is 3. The molecule has 0 aromatic heterocycles. The van der Waals surface area contributed by atoms with Gasteiger partial charge in [-0.25, -0.2) is 0 Å². The Hall–Kier alpha value is -1.51. The van der Waals surface area contributed by atoms with E-state index in [1.807, 2.05) is 19.9 Å². The molecule has 1 atom stereocenters. The van der Waals surface area contributed by atoms with Crippen LogP contribution in [0.15, 0.2) is 12.1 Å². The van der Waals surface area contributed by atoms with Crippen molar-refractivity contribution in [3.8, 4) is 11.5 Å². The molecule has 1 heterocycles. The van der Waals surface area contributed by atoms with Gasteiger partial charge in [0, 0.05) is 11.5 Å². The summed E-state index contributed by atoms with van der Waals surface area (Å²) in [4.78, 5) is 11.7. The smallest absolute Gasteiger partial charge is 0.163 e. The van der Waals surface area contributed by atoms with Gasteiger partial charge in [-0.2, -0.15) is 0 Å². The molecule has 0 spiro atoms. The van der Waals surface area contributed by atoms with E-state index in [-0.39, 0.29) is 17.3 Å². The molecule has 92 valence electrons. The lowest BCUT2D eigenvalue weighted by molar-refractivity contribution is 0.0982. The molecule has 0 fully saturated rings. The standard InChI is InChI=1S/C14H18O3/c1-8-11-6-10(16-5)7-12(9(2)15)13(11)17-14(8,3)4/h6-8H,1-5H3/t8-/m1/s1. The summed E-state index contributed by atoms with van der Waals surface area (Å²) in [6, 6.07) is 3.70. The van der Waals surface area contributed by atoms with E-state index >= 15 is 0 Å². The molecule has 0 radical (unpaired) electrons. The molecule has 3 heteroatoms. The number of hydrogen-bond donors (Lipinski definition) is 0. The zero-order valence-corrected chi connectivity index (χ0v) is 11.0. The summed E-state index contributed by atoms with van der Waals surface area (Å²) in [5, 5.41) is 0. The van der Waals surface area contributed by atoms with Crippen LogP contribution in [0.5, 0.6) is 11.5 Å². The highest BCUT2D eigenvalue weighted by Gasteiger charge is 2.40. The van der Waals surface area contributed by atoms with Crippen LogP contribution in [0.25, 0.3) is 0 Å². The van der Waals surface area contributed by atoms with E-state index in [9.17, 15) is 4.79 Å². The Balaban J connectivity index is 2.64. The van der Waals surface area contributed by atoms with Gasteiger partial charge in [0.25, 0.3) is 0 Å². The van der Waals surface area contributed by atoms with Crippen LogP contribution in [0.1, 0.15) is 49.5 Å². The van der Waals surface area contributed by atoms with E-state index in [4.69, 9.17) is 9.47 Å². The summed E-state index contributed by atoms with van der Waals surface area (Å²) in [6.45, 7) is 7.73. The summed E-state index contributed by atoms with van der Waals surface area (Å²) >= 11 is 0. The first-order valence-electron chi connectivity index (χ1n) is 5.78. The zero-order valence-electron chi connectivity index (χ0n) is 11.0. The van der Waals surface area contributed by atoms with Gasteiger partial charge >= 0.3 is 0 Å². The van der Waals surface area contributed by atoms with E-state index in [2.05, 4.69) is 6.92 Å². The Morgan fingerprint density at radius 2 is 2.06 bits per heavy atom. The first-order valence-corrected chi connectivity index (χ1v) is 5.78. The Bertz CT molecular complexity index is 475. The Morgan fingerprint density at radius 3 is 2.59 bits per heavy atom. The fourth-order valence-electron chi connectivity index (χ4n) is 2.16. The number of carbonyl (C=O) groups excluding carboxylic acids is 1. The van der Waals surface area contributed by atoms with Crippen LogP contribution in [0.4, 0.5) is 0 Å². The Labute approximate surface area is 102 Å². The quantitative estimate of drug-likeness (QED) is 0.737. The van der Waals surface area contributed by atoms with Crippen molar-refractivity contribution in [1.29, 1.82) is 0 Å². The number of benzene rings is 1. The highest BCUT2D eigenvalue weighted by Crippen LogP contribution is 2.47. The molecule has 0 aliphatic carbocycles. The third-order valence-electron chi connectivity index (χ3n) is 3.58. The molecule has 1 aliphatic rings. The maximum Gasteiger partial charge on any atom is 0.163 e. The van der Waals surface area contributed by atoms with Crippen LogP contribution in [0, 0.1) is 0 Å². The van der Waals surface area contributed by atoms with Crippen LogP contribution in [0.2, 0.25) is 0 Å². The largest absolute Gasteiger partial charge is 0.497 e. The van der Waals surface area contributed by atoms with Crippen LogP contribution in [-0.4, -0.2) is 18.5 Å². The maximum atomic E-state index is 11.7. The summed E-state index contributed by atoms with van der Waals surface area (Å²) in [7, 11) is 1.61. The van der Waals surface area contributed by atoms with E-state index in [1.54, 1.807) is 20.1 Å². The van der Waals surface area contributed by atoms with Gasteiger partial charge < -0.3 is 9.47 Å². The number of ketones is 1. The number of ether oxygens (including phenoxy) is 2. The van der Waals surface area contributed by atoms with Gasteiger partial charge in [-0.3, -0.25) is 4.79 Å². The molecule has 1 aromatic rings. The normalized spacial score (nSPS) is 20.6. The molecule has 0 saturated heterocycles. The number of methoxy groups -OCH3 is 1. The van der Waals surface area contributed by atoms with Crippen LogP contribution >= 0.6 is 0 Å². The summed E-state index contributed by atoms with van der Waals surface area (Å²) in [5.41, 5.74) is 1.38. The van der Waals surface area contributed by atoms with Crippen molar-refractivity contribution in [2.45, 2.75) is 39.2 Å². The lowest BCUT2D eigenvalue weighted by Gasteiger charge is -2.23. The fraction of sp³-hybridized carbons (Fsp3) is 0.500. The molecule has 0 saturated carbocycles. The second kappa shape index (κ2) is 3.76. The van der Waals surface area contributed by atoms with Crippen molar-refractivity contribution in [2.24, 2.45) is 0 Å².